The highest BCUT2D eigenvalue weighted by Gasteiger charge is 2.20. The summed E-state index contributed by atoms with van der Waals surface area (Å²) in [6.45, 7) is 2.88. The van der Waals surface area contributed by atoms with E-state index < -0.39 is 11.2 Å². The number of unbranched alkanes of at least 4 members (excludes halogenated alkanes) is 1. The second kappa shape index (κ2) is 8.51. The Kier molecular flexibility index (Phi) is 5.62. The Labute approximate surface area is 179 Å². The van der Waals surface area contributed by atoms with Gasteiger partial charge < -0.3 is 15.0 Å². The number of nitrogens with two attached hydrogens (primary N) is 1. The molecule has 31 heavy (non-hydrogen) atoms. The molecular weight excluding hydrogens is 392 g/mol. The molecule has 160 valence electrons. The van der Waals surface area contributed by atoms with Crippen LogP contribution in [-0.4, -0.2) is 26.0 Å². The zero-order valence-electron chi connectivity index (χ0n) is 17.7. The van der Waals surface area contributed by atoms with Gasteiger partial charge >= 0.3 is 5.69 Å². The van der Waals surface area contributed by atoms with Gasteiger partial charge in [-0.15, -0.1) is 0 Å². The molecule has 0 atom stereocenters. The van der Waals surface area contributed by atoms with E-state index in [0.717, 1.165) is 35.4 Å². The van der Waals surface area contributed by atoms with Crippen LogP contribution in [0, 0.1) is 0 Å². The average Bonchev–Trinajstić information content (AvgIpc) is 3.12. The van der Waals surface area contributed by atoms with Gasteiger partial charge in [-0.25, -0.2) is 9.78 Å². The predicted octanol–water partition coefficient (Wildman–Crippen LogP) is 2.87. The second-order valence-corrected chi connectivity index (χ2v) is 7.56. The smallest absolute Gasteiger partial charge is 0.330 e. The Hall–Kier alpha value is -3.81. The first-order valence-electron chi connectivity index (χ1n) is 10.4. The number of nitrogen functional groups attached to an aromatic ring is 1. The van der Waals surface area contributed by atoms with E-state index in [0.29, 0.717) is 13.1 Å². The van der Waals surface area contributed by atoms with Crippen LogP contribution in [-0.2, 0) is 13.1 Å². The summed E-state index contributed by atoms with van der Waals surface area (Å²) in [4.78, 5) is 33.9. The van der Waals surface area contributed by atoms with Gasteiger partial charge in [0.1, 0.15) is 17.2 Å². The summed E-state index contributed by atoms with van der Waals surface area (Å²) in [6.07, 6.45) is 3.66. The van der Waals surface area contributed by atoms with Crippen molar-refractivity contribution < 1.29 is 0 Å². The fraction of sp³-hybridized carbons (Fsp3) is 0.261. The van der Waals surface area contributed by atoms with Crippen molar-refractivity contribution in [3.63, 3.8) is 0 Å². The van der Waals surface area contributed by atoms with Crippen LogP contribution in [0.5, 0.6) is 0 Å². The van der Waals surface area contributed by atoms with E-state index in [2.05, 4.69) is 4.98 Å². The molecule has 0 unspecified atom stereocenters. The highest BCUT2D eigenvalue weighted by atomic mass is 16.2. The zero-order chi connectivity index (χ0) is 22.0. The maximum absolute atomic E-state index is 12.7. The lowest BCUT2D eigenvalue weighted by atomic mass is 10.1. The predicted molar refractivity (Wildman–Crippen MR) is 123 cm³/mol. The van der Waals surface area contributed by atoms with E-state index >= 15 is 0 Å². The van der Waals surface area contributed by atoms with Gasteiger partial charge in [0.2, 0.25) is 0 Å². The number of anilines is 2. The fourth-order valence-electron chi connectivity index (χ4n) is 3.81. The van der Waals surface area contributed by atoms with Crippen LogP contribution in [0.3, 0.4) is 0 Å². The van der Waals surface area contributed by atoms with E-state index in [9.17, 15) is 9.59 Å². The van der Waals surface area contributed by atoms with Gasteiger partial charge in [0.25, 0.3) is 5.56 Å². The number of aromatic amines is 1. The molecule has 4 aromatic rings. The molecule has 0 bridgehead atoms. The second-order valence-electron chi connectivity index (χ2n) is 7.56. The number of nitrogens with zero attached hydrogens (tertiary/aromatic N) is 4. The van der Waals surface area contributed by atoms with Gasteiger partial charge in [-0.2, -0.15) is 0 Å². The SMILES string of the molecule is CCCCn1c(N)c(N(C)Cc2c(-c3ccccc3)nc3ccccn23)c(=O)[nH]c1=O. The number of aromatic nitrogens is 4. The molecule has 0 aliphatic heterocycles. The molecule has 0 aliphatic rings. The largest absolute Gasteiger partial charge is 0.383 e. The van der Waals surface area contributed by atoms with Crippen LogP contribution in [0.2, 0.25) is 0 Å². The molecule has 8 heteroatoms. The summed E-state index contributed by atoms with van der Waals surface area (Å²) in [6, 6.07) is 15.8. The summed E-state index contributed by atoms with van der Waals surface area (Å²) in [7, 11) is 1.80. The van der Waals surface area contributed by atoms with Crippen LogP contribution in [0.4, 0.5) is 11.5 Å². The normalized spacial score (nSPS) is 11.2. The maximum Gasteiger partial charge on any atom is 0.330 e. The number of H-pyrrole nitrogens is 1. The van der Waals surface area contributed by atoms with Gasteiger partial charge in [0.15, 0.2) is 0 Å². The molecule has 0 spiro atoms. The van der Waals surface area contributed by atoms with E-state index in [1.807, 2.05) is 66.1 Å². The Morgan fingerprint density at radius 1 is 1.10 bits per heavy atom. The Balaban J connectivity index is 1.80. The van der Waals surface area contributed by atoms with Crippen molar-refractivity contribution >= 4 is 17.2 Å². The van der Waals surface area contributed by atoms with Gasteiger partial charge in [-0.05, 0) is 18.6 Å². The summed E-state index contributed by atoms with van der Waals surface area (Å²) in [5.74, 6) is 0.180. The van der Waals surface area contributed by atoms with Crippen LogP contribution < -0.4 is 21.9 Å². The van der Waals surface area contributed by atoms with Gasteiger partial charge in [-0.3, -0.25) is 14.3 Å². The third-order valence-electron chi connectivity index (χ3n) is 5.39. The zero-order valence-corrected chi connectivity index (χ0v) is 17.7. The molecule has 0 amide bonds. The highest BCUT2D eigenvalue weighted by Crippen LogP contribution is 2.27. The van der Waals surface area contributed by atoms with Crippen molar-refractivity contribution in [1.82, 2.24) is 18.9 Å². The maximum atomic E-state index is 12.7. The first-order valence-corrected chi connectivity index (χ1v) is 10.4. The van der Waals surface area contributed by atoms with Crippen LogP contribution >= 0.6 is 0 Å². The summed E-state index contributed by atoms with van der Waals surface area (Å²) >= 11 is 0. The minimum Gasteiger partial charge on any atom is -0.383 e. The van der Waals surface area contributed by atoms with E-state index in [1.54, 1.807) is 11.9 Å². The van der Waals surface area contributed by atoms with Crippen molar-refractivity contribution in [2.75, 3.05) is 17.7 Å². The first-order chi connectivity index (χ1) is 15.0. The molecule has 3 heterocycles. The number of rotatable bonds is 7. The third-order valence-corrected chi connectivity index (χ3v) is 5.39. The number of fused-ring (bicyclic) bond motifs is 1. The fourth-order valence-corrected chi connectivity index (χ4v) is 3.81. The molecule has 8 nitrogen and oxygen atoms in total. The van der Waals surface area contributed by atoms with Crippen molar-refractivity contribution in [3.05, 3.63) is 81.3 Å². The summed E-state index contributed by atoms with van der Waals surface area (Å²) in [5.41, 5.74) is 9.18. The van der Waals surface area contributed by atoms with Crippen molar-refractivity contribution in [3.8, 4) is 11.3 Å². The van der Waals surface area contributed by atoms with Crippen LogP contribution in [0.1, 0.15) is 25.5 Å². The van der Waals surface area contributed by atoms with Crippen molar-refractivity contribution in [2.24, 2.45) is 0 Å². The molecule has 0 radical (unpaired) electrons. The van der Waals surface area contributed by atoms with Crippen molar-refractivity contribution in [2.45, 2.75) is 32.9 Å². The highest BCUT2D eigenvalue weighted by molar-refractivity contribution is 5.68. The number of nitrogens with one attached hydrogen (secondary N) is 1. The minimum absolute atomic E-state index is 0.180. The van der Waals surface area contributed by atoms with Crippen molar-refractivity contribution in [1.29, 1.82) is 0 Å². The molecule has 0 fully saturated rings. The molecule has 0 saturated carbocycles. The van der Waals surface area contributed by atoms with E-state index in [-0.39, 0.29) is 11.5 Å². The number of hydrogen-bond donors (Lipinski definition) is 2. The number of benzene rings is 1. The lowest BCUT2D eigenvalue weighted by molar-refractivity contribution is 0.603. The molecule has 3 aromatic heterocycles. The molecule has 4 rings (SSSR count). The number of pyridine rings is 1. The third kappa shape index (κ3) is 3.84. The first kappa shape index (κ1) is 20.5. The summed E-state index contributed by atoms with van der Waals surface area (Å²) in [5, 5.41) is 0. The lowest BCUT2D eigenvalue weighted by Crippen LogP contribution is -2.37. The van der Waals surface area contributed by atoms with Crippen LogP contribution in [0.15, 0.2) is 64.3 Å². The Morgan fingerprint density at radius 3 is 2.58 bits per heavy atom. The van der Waals surface area contributed by atoms with Gasteiger partial charge in [-0.1, -0.05) is 49.7 Å². The number of hydrogen-bond acceptors (Lipinski definition) is 5. The molecule has 3 N–H and O–H groups in total. The topological polar surface area (TPSA) is 101 Å². The van der Waals surface area contributed by atoms with E-state index in [4.69, 9.17) is 10.7 Å². The minimum atomic E-state index is -0.493. The average molecular weight is 419 g/mol. The Morgan fingerprint density at radius 2 is 1.84 bits per heavy atom. The standard InChI is InChI=1S/C23H26N6O2/c1-3-4-13-29-21(24)20(22(30)26-23(29)31)27(2)15-17-19(16-10-6-5-7-11-16)25-18-12-8-9-14-28(17)18/h5-12,14H,3-4,13,15,24H2,1-2H3,(H,26,30,31). The molecule has 1 aromatic carbocycles. The van der Waals surface area contributed by atoms with Gasteiger partial charge in [0, 0.05) is 25.4 Å². The number of imidazole rings is 1. The van der Waals surface area contributed by atoms with E-state index in [1.165, 1.54) is 4.57 Å². The van der Waals surface area contributed by atoms with Crippen LogP contribution in [0.25, 0.3) is 16.9 Å². The lowest BCUT2D eigenvalue weighted by Gasteiger charge is -2.22. The molecule has 0 saturated heterocycles. The Bertz CT molecular complexity index is 1320. The molecular formula is C23H26N6O2. The van der Waals surface area contributed by atoms with Gasteiger partial charge in [0.05, 0.1) is 17.9 Å². The monoisotopic (exact) mass is 418 g/mol. The summed E-state index contributed by atoms with van der Waals surface area (Å²) < 4.78 is 3.44. The quantitative estimate of drug-likeness (QED) is 0.481. The molecule has 0 aliphatic carbocycles.